The van der Waals surface area contributed by atoms with E-state index in [2.05, 4.69) is 50.9 Å². The molecule has 0 fully saturated rings. The lowest BCUT2D eigenvalue weighted by molar-refractivity contribution is -0.133. The molecule has 2 heterocycles. The quantitative estimate of drug-likeness (QED) is 0.194. The summed E-state index contributed by atoms with van der Waals surface area (Å²) in [5.41, 5.74) is 2.01. The summed E-state index contributed by atoms with van der Waals surface area (Å²) in [6.07, 6.45) is 6.09. The largest absolute Gasteiger partial charge is 0.465 e. The van der Waals surface area contributed by atoms with Gasteiger partial charge in [0.05, 0.1) is 28.8 Å². The van der Waals surface area contributed by atoms with Crippen LogP contribution in [0.2, 0.25) is 18.1 Å². The maximum Gasteiger partial charge on any atom is 0.339 e. The van der Waals surface area contributed by atoms with Crippen molar-refractivity contribution in [2.24, 2.45) is 5.92 Å². The number of carbonyl (C=O) groups excluding carboxylic acids is 1. The van der Waals surface area contributed by atoms with Crippen LogP contribution < -0.4 is 0 Å². The smallest absolute Gasteiger partial charge is 0.339 e. The third kappa shape index (κ3) is 4.79. The van der Waals surface area contributed by atoms with E-state index in [0.29, 0.717) is 30.9 Å². The number of para-hydroxylation sites is 1. The molecule has 0 bridgehead atoms. The standard InChI is InChI=1S/C31H38N2O5SSi/c1-31(2,3)40(5,6)38-20-19-32-18-12-13-22-21-25(30(34)37-4)29-27(28(22)32)24-16-10-11-17-26(24)33(29)39(35,36)23-14-8-7-9-15-23/h7-17,21-22,28H,18-20H2,1-6H3. The molecule has 1 aliphatic carbocycles. The lowest BCUT2D eigenvalue weighted by Gasteiger charge is -2.41. The Balaban J connectivity index is 1.68. The third-order valence-electron chi connectivity index (χ3n) is 8.57. The summed E-state index contributed by atoms with van der Waals surface area (Å²) >= 11 is 0. The first-order valence-corrected chi connectivity index (χ1v) is 18.0. The molecule has 0 radical (unpaired) electrons. The maximum atomic E-state index is 14.2. The first-order valence-electron chi connectivity index (χ1n) is 13.7. The van der Waals surface area contributed by atoms with Gasteiger partial charge in [0.1, 0.15) is 0 Å². The Hall–Kier alpha value is -2.98. The number of benzene rings is 2. The summed E-state index contributed by atoms with van der Waals surface area (Å²) in [7, 11) is -4.64. The molecule has 0 saturated carbocycles. The number of aromatic nitrogens is 1. The van der Waals surface area contributed by atoms with Gasteiger partial charge in [-0.2, -0.15) is 0 Å². The minimum absolute atomic E-state index is 0.104. The number of ether oxygens (including phenoxy) is 1. The summed E-state index contributed by atoms with van der Waals surface area (Å²) in [5.74, 6) is -0.680. The van der Waals surface area contributed by atoms with Crippen molar-refractivity contribution in [3.8, 4) is 0 Å². The van der Waals surface area contributed by atoms with Gasteiger partial charge in [-0.3, -0.25) is 4.90 Å². The molecule has 212 valence electrons. The predicted octanol–water partition coefficient (Wildman–Crippen LogP) is 6.00. The van der Waals surface area contributed by atoms with Gasteiger partial charge in [0.15, 0.2) is 8.32 Å². The van der Waals surface area contributed by atoms with Gasteiger partial charge in [-0.15, -0.1) is 0 Å². The van der Waals surface area contributed by atoms with Crippen molar-refractivity contribution in [1.82, 2.24) is 8.87 Å². The normalized spacial score (nSPS) is 19.7. The van der Waals surface area contributed by atoms with Crippen molar-refractivity contribution in [1.29, 1.82) is 0 Å². The van der Waals surface area contributed by atoms with Crippen LogP contribution in [0.15, 0.2) is 77.7 Å². The molecule has 1 aromatic heterocycles. The predicted molar refractivity (Wildman–Crippen MR) is 161 cm³/mol. The van der Waals surface area contributed by atoms with Crippen molar-refractivity contribution >= 4 is 40.8 Å². The Morgan fingerprint density at radius 3 is 2.40 bits per heavy atom. The molecule has 1 aliphatic heterocycles. The highest BCUT2D eigenvalue weighted by Gasteiger charge is 2.43. The topological polar surface area (TPSA) is 77.8 Å². The monoisotopic (exact) mass is 578 g/mol. The molecule has 2 atom stereocenters. The number of fused-ring (bicyclic) bond motifs is 5. The van der Waals surface area contributed by atoms with Crippen molar-refractivity contribution in [2.45, 2.75) is 49.8 Å². The van der Waals surface area contributed by atoms with E-state index in [1.54, 1.807) is 30.3 Å². The molecule has 2 unspecified atom stereocenters. The Bertz CT molecular complexity index is 1600. The van der Waals surface area contributed by atoms with E-state index >= 15 is 0 Å². The third-order valence-corrected chi connectivity index (χ3v) is 14.8. The minimum atomic E-state index is -4.03. The molecule has 0 amide bonds. The Kier molecular flexibility index (Phi) is 7.45. The highest BCUT2D eigenvalue weighted by Crippen LogP contribution is 2.48. The molecule has 7 nitrogen and oxygen atoms in total. The zero-order chi connectivity index (χ0) is 28.9. The zero-order valence-electron chi connectivity index (χ0n) is 24.0. The summed E-state index contributed by atoms with van der Waals surface area (Å²) in [5, 5.41) is 0.916. The zero-order valence-corrected chi connectivity index (χ0v) is 25.9. The van der Waals surface area contributed by atoms with Crippen LogP contribution in [0.1, 0.15) is 38.1 Å². The molecule has 5 rings (SSSR count). The van der Waals surface area contributed by atoms with E-state index in [0.717, 1.165) is 10.9 Å². The van der Waals surface area contributed by atoms with E-state index in [9.17, 15) is 13.2 Å². The van der Waals surface area contributed by atoms with Crippen molar-refractivity contribution < 1.29 is 22.4 Å². The minimum Gasteiger partial charge on any atom is -0.465 e. The van der Waals surface area contributed by atoms with Crippen LogP contribution in [-0.2, 0) is 24.0 Å². The Morgan fingerprint density at radius 1 is 1.05 bits per heavy atom. The first kappa shape index (κ1) is 28.5. The molecule has 0 N–H and O–H groups in total. The van der Waals surface area contributed by atoms with E-state index in [4.69, 9.17) is 9.16 Å². The van der Waals surface area contributed by atoms with Crippen LogP contribution in [0, 0.1) is 5.92 Å². The van der Waals surface area contributed by atoms with Gasteiger partial charge in [-0.25, -0.2) is 17.2 Å². The highest BCUT2D eigenvalue weighted by atomic mass is 32.2. The van der Waals surface area contributed by atoms with Crippen molar-refractivity contribution in [3.05, 3.63) is 84.1 Å². The van der Waals surface area contributed by atoms with E-state index in [1.165, 1.54) is 11.1 Å². The Morgan fingerprint density at radius 2 is 1.73 bits per heavy atom. The molecular weight excluding hydrogens is 541 g/mol. The average Bonchev–Trinajstić information content (AvgIpc) is 3.28. The molecule has 0 saturated heterocycles. The van der Waals surface area contributed by atoms with Crippen LogP contribution in [-0.4, -0.2) is 58.4 Å². The van der Waals surface area contributed by atoms with Crippen LogP contribution in [0.25, 0.3) is 16.5 Å². The summed E-state index contributed by atoms with van der Waals surface area (Å²) < 4.78 is 41.5. The van der Waals surface area contributed by atoms with Crippen LogP contribution >= 0.6 is 0 Å². The number of rotatable bonds is 7. The van der Waals surface area contributed by atoms with Crippen molar-refractivity contribution in [3.63, 3.8) is 0 Å². The van der Waals surface area contributed by atoms with E-state index in [1.807, 2.05) is 30.3 Å². The SMILES string of the molecule is COC(=O)C1=CC2C=CCN(CCO[Si](C)(C)C(C)(C)C)C2c2c1n(S(=O)(=O)c1ccccc1)c1ccccc21. The molecule has 2 aliphatic rings. The van der Waals surface area contributed by atoms with Gasteiger partial charge < -0.3 is 9.16 Å². The van der Waals surface area contributed by atoms with Crippen LogP contribution in [0.3, 0.4) is 0 Å². The average molecular weight is 579 g/mol. The van der Waals surface area contributed by atoms with Gasteiger partial charge in [-0.1, -0.05) is 75.4 Å². The van der Waals surface area contributed by atoms with Gasteiger partial charge in [-0.05, 0) is 36.3 Å². The lowest BCUT2D eigenvalue weighted by Crippen LogP contribution is -2.45. The molecule has 3 aromatic rings. The number of nitrogens with zero attached hydrogens (tertiary/aromatic N) is 2. The van der Waals surface area contributed by atoms with Gasteiger partial charge in [0.2, 0.25) is 0 Å². The Labute approximate surface area is 238 Å². The number of methoxy groups -OCH3 is 1. The summed E-state index contributed by atoms with van der Waals surface area (Å²) in [6.45, 7) is 13.2. The van der Waals surface area contributed by atoms with Crippen LogP contribution in [0.4, 0.5) is 0 Å². The number of hydrogen-bond donors (Lipinski definition) is 0. The molecule has 2 aromatic carbocycles. The lowest BCUT2D eigenvalue weighted by atomic mass is 9.80. The maximum absolute atomic E-state index is 14.2. The van der Waals surface area contributed by atoms with Crippen molar-refractivity contribution in [2.75, 3.05) is 26.8 Å². The molecular formula is C31H38N2O5SSi. The molecule has 40 heavy (non-hydrogen) atoms. The second-order valence-corrected chi connectivity index (χ2v) is 18.6. The second-order valence-electron chi connectivity index (χ2n) is 12.0. The van der Waals surface area contributed by atoms with E-state index in [-0.39, 0.29) is 27.5 Å². The molecule has 9 heteroatoms. The van der Waals surface area contributed by atoms with Gasteiger partial charge in [0.25, 0.3) is 10.0 Å². The first-order chi connectivity index (χ1) is 18.9. The summed E-state index contributed by atoms with van der Waals surface area (Å²) in [4.78, 5) is 15.7. The van der Waals surface area contributed by atoms with Gasteiger partial charge >= 0.3 is 5.97 Å². The number of esters is 1. The highest BCUT2D eigenvalue weighted by molar-refractivity contribution is 7.90. The summed E-state index contributed by atoms with van der Waals surface area (Å²) in [6, 6.07) is 15.7. The fourth-order valence-corrected chi connectivity index (χ4v) is 8.09. The molecule has 0 spiro atoms. The fourth-order valence-electron chi connectivity index (χ4n) is 5.49. The number of carbonyl (C=O) groups is 1. The van der Waals surface area contributed by atoms with E-state index < -0.39 is 24.3 Å². The number of hydrogen-bond acceptors (Lipinski definition) is 6. The fraction of sp³-hybridized carbons (Fsp3) is 0.387. The van der Waals surface area contributed by atoms with Gasteiger partial charge in [0, 0.05) is 42.6 Å². The second kappa shape index (κ2) is 10.4. The van der Waals surface area contributed by atoms with Crippen LogP contribution in [0.5, 0.6) is 0 Å².